The topological polar surface area (TPSA) is 55.1 Å². The van der Waals surface area contributed by atoms with E-state index in [1.165, 1.54) is 17.3 Å². The van der Waals surface area contributed by atoms with Crippen LogP contribution in [0.25, 0.3) is 11.0 Å². The predicted octanol–water partition coefficient (Wildman–Crippen LogP) is 3.80. The summed E-state index contributed by atoms with van der Waals surface area (Å²) >= 11 is 1.31. The third kappa shape index (κ3) is 2.97. The Kier molecular flexibility index (Phi) is 4.01. The zero-order valence-electron chi connectivity index (χ0n) is 12.0. The van der Waals surface area contributed by atoms with Crippen LogP contribution >= 0.6 is 11.8 Å². The van der Waals surface area contributed by atoms with Gasteiger partial charge in [-0.15, -0.1) is 0 Å². The molecule has 1 N–H and O–H groups in total. The Morgan fingerprint density at radius 2 is 2.33 bits per heavy atom. The Morgan fingerprint density at radius 1 is 1.48 bits per heavy atom. The number of rotatable bonds is 4. The standard InChI is InChI=1S/C16H18N2O2S/c1-11-7-8-13-14(9-11)18(12-5-3-2-4-6-12)16(17-13)21-10-15(19)20/h2-3,7-9,12H,4-6,10H2,1H3,(H,19,20). The number of hydrogen-bond donors (Lipinski definition) is 1. The van der Waals surface area contributed by atoms with Gasteiger partial charge in [0, 0.05) is 6.04 Å². The van der Waals surface area contributed by atoms with Crippen molar-refractivity contribution >= 4 is 28.8 Å². The van der Waals surface area contributed by atoms with Crippen molar-refractivity contribution in [2.45, 2.75) is 37.4 Å². The smallest absolute Gasteiger partial charge is 0.313 e. The number of thioether (sulfide) groups is 1. The summed E-state index contributed by atoms with van der Waals surface area (Å²) in [5, 5.41) is 9.74. The van der Waals surface area contributed by atoms with Gasteiger partial charge in [0.1, 0.15) is 0 Å². The third-order valence-electron chi connectivity index (χ3n) is 3.74. The number of carboxylic acid groups (broad SMARTS) is 1. The molecule has 3 rings (SSSR count). The van der Waals surface area contributed by atoms with Crippen LogP contribution in [0.3, 0.4) is 0 Å². The third-order valence-corrected chi connectivity index (χ3v) is 4.68. The molecule has 0 saturated heterocycles. The molecule has 0 radical (unpaired) electrons. The van der Waals surface area contributed by atoms with E-state index < -0.39 is 5.97 Å². The maximum atomic E-state index is 10.9. The van der Waals surface area contributed by atoms with E-state index in [-0.39, 0.29) is 5.75 Å². The summed E-state index contributed by atoms with van der Waals surface area (Å²) in [4.78, 5) is 15.5. The summed E-state index contributed by atoms with van der Waals surface area (Å²) < 4.78 is 2.24. The number of fused-ring (bicyclic) bond motifs is 1. The minimum Gasteiger partial charge on any atom is -0.481 e. The van der Waals surface area contributed by atoms with Crippen LogP contribution in [0, 0.1) is 6.92 Å². The van der Waals surface area contributed by atoms with Crippen LogP contribution in [-0.2, 0) is 4.79 Å². The molecule has 1 heterocycles. The molecule has 0 saturated carbocycles. The summed E-state index contributed by atoms with van der Waals surface area (Å²) in [6.45, 7) is 2.07. The summed E-state index contributed by atoms with van der Waals surface area (Å²) in [5.41, 5.74) is 3.26. The second-order valence-corrected chi connectivity index (χ2v) is 6.32. The molecule has 110 valence electrons. The molecule has 1 atom stereocenters. The highest BCUT2D eigenvalue weighted by Gasteiger charge is 2.20. The molecular formula is C16H18N2O2S. The predicted molar refractivity (Wildman–Crippen MR) is 84.9 cm³/mol. The van der Waals surface area contributed by atoms with Gasteiger partial charge < -0.3 is 9.67 Å². The van der Waals surface area contributed by atoms with Crippen LogP contribution in [0.2, 0.25) is 0 Å². The molecular weight excluding hydrogens is 284 g/mol. The molecule has 2 aromatic rings. The first-order valence-electron chi connectivity index (χ1n) is 7.13. The second-order valence-electron chi connectivity index (χ2n) is 5.38. The Bertz CT molecular complexity index is 706. The molecule has 21 heavy (non-hydrogen) atoms. The van der Waals surface area contributed by atoms with Gasteiger partial charge in [0.15, 0.2) is 5.16 Å². The molecule has 1 aromatic carbocycles. The molecule has 0 aliphatic heterocycles. The Balaban J connectivity index is 2.06. The molecule has 0 fully saturated rings. The Morgan fingerprint density at radius 3 is 3.05 bits per heavy atom. The van der Waals surface area contributed by atoms with E-state index in [9.17, 15) is 4.79 Å². The Labute approximate surface area is 127 Å². The molecule has 4 nitrogen and oxygen atoms in total. The number of imidazole rings is 1. The molecule has 1 aliphatic rings. The van der Waals surface area contributed by atoms with Crippen LogP contribution in [-0.4, -0.2) is 26.4 Å². The van der Waals surface area contributed by atoms with Crippen molar-refractivity contribution in [3.05, 3.63) is 35.9 Å². The van der Waals surface area contributed by atoms with Crippen molar-refractivity contribution in [1.82, 2.24) is 9.55 Å². The number of nitrogens with zero attached hydrogens (tertiary/aromatic N) is 2. The number of aromatic nitrogens is 2. The molecule has 1 unspecified atom stereocenters. The van der Waals surface area contributed by atoms with Crippen LogP contribution in [0.5, 0.6) is 0 Å². The zero-order valence-corrected chi connectivity index (χ0v) is 12.8. The van der Waals surface area contributed by atoms with Crippen LogP contribution in [0.15, 0.2) is 35.5 Å². The quantitative estimate of drug-likeness (QED) is 0.689. The lowest BCUT2D eigenvalue weighted by Crippen LogP contribution is -2.12. The fourth-order valence-electron chi connectivity index (χ4n) is 2.77. The lowest BCUT2D eigenvalue weighted by molar-refractivity contribution is -0.133. The highest BCUT2D eigenvalue weighted by molar-refractivity contribution is 7.99. The summed E-state index contributed by atoms with van der Waals surface area (Å²) in [6.07, 6.45) is 7.56. The number of aliphatic carboxylic acids is 1. The zero-order chi connectivity index (χ0) is 14.8. The van der Waals surface area contributed by atoms with E-state index in [4.69, 9.17) is 5.11 Å². The van der Waals surface area contributed by atoms with Crippen LogP contribution < -0.4 is 0 Å². The van der Waals surface area contributed by atoms with E-state index in [2.05, 4.69) is 34.7 Å². The van der Waals surface area contributed by atoms with Crippen LogP contribution in [0.4, 0.5) is 0 Å². The molecule has 0 amide bonds. The highest BCUT2D eigenvalue weighted by Crippen LogP contribution is 2.33. The molecule has 5 heteroatoms. The monoisotopic (exact) mass is 302 g/mol. The summed E-state index contributed by atoms with van der Waals surface area (Å²) in [6, 6.07) is 6.58. The normalized spacial score (nSPS) is 18.2. The number of hydrogen-bond acceptors (Lipinski definition) is 3. The number of benzene rings is 1. The van der Waals surface area contributed by atoms with Gasteiger partial charge in [0.2, 0.25) is 0 Å². The SMILES string of the molecule is Cc1ccc2nc(SCC(=O)O)n(C3CC=CCC3)c2c1. The molecule has 0 spiro atoms. The lowest BCUT2D eigenvalue weighted by Gasteiger charge is -2.22. The maximum Gasteiger partial charge on any atom is 0.313 e. The van der Waals surface area contributed by atoms with Gasteiger partial charge in [-0.25, -0.2) is 4.98 Å². The molecule has 0 bridgehead atoms. The second kappa shape index (κ2) is 5.93. The van der Waals surface area contributed by atoms with E-state index in [0.29, 0.717) is 6.04 Å². The Hall–Kier alpha value is -1.75. The number of carbonyl (C=O) groups is 1. The van der Waals surface area contributed by atoms with Gasteiger partial charge in [-0.05, 0) is 43.9 Å². The van der Waals surface area contributed by atoms with Crippen molar-refractivity contribution in [3.8, 4) is 0 Å². The van der Waals surface area contributed by atoms with Gasteiger partial charge >= 0.3 is 5.97 Å². The first-order valence-corrected chi connectivity index (χ1v) is 8.12. The number of allylic oxidation sites excluding steroid dienone is 2. The minimum absolute atomic E-state index is 0.0465. The summed E-state index contributed by atoms with van der Waals surface area (Å²) in [7, 11) is 0. The van der Waals surface area contributed by atoms with E-state index in [0.717, 1.165) is 35.5 Å². The average molecular weight is 302 g/mol. The van der Waals surface area contributed by atoms with E-state index in [1.807, 2.05) is 12.1 Å². The lowest BCUT2D eigenvalue weighted by atomic mass is 10.0. The van der Waals surface area contributed by atoms with Gasteiger partial charge in [-0.1, -0.05) is 30.0 Å². The van der Waals surface area contributed by atoms with Crippen molar-refractivity contribution < 1.29 is 9.90 Å². The fourth-order valence-corrected chi connectivity index (χ4v) is 3.58. The maximum absolute atomic E-state index is 10.9. The first kappa shape index (κ1) is 14.2. The van der Waals surface area contributed by atoms with Gasteiger partial charge in [-0.2, -0.15) is 0 Å². The highest BCUT2D eigenvalue weighted by atomic mass is 32.2. The van der Waals surface area contributed by atoms with Gasteiger partial charge in [0.05, 0.1) is 16.8 Å². The van der Waals surface area contributed by atoms with Crippen molar-refractivity contribution in [2.24, 2.45) is 0 Å². The van der Waals surface area contributed by atoms with Gasteiger partial charge in [0.25, 0.3) is 0 Å². The molecule has 1 aromatic heterocycles. The van der Waals surface area contributed by atoms with Crippen LogP contribution in [0.1, 0.15) is 30.9 Å². The molecule has 1 aliphatic carbocycles. The van der Waals surface area contributed by atoms with E-state index in [1.54, 1.807) is 0 Å². The van der Waals surface area contributed by atoms with E-state index >= 15 is 0 Å². The number of carboxylic acids is 1. The fraction of sp³-hybridized carbons (Fsp3) is 0.375. The van der Waals surface area contributed by atoms with Crippen molar-refractivity contribution in [2.75, 3.05) is 5.75 Å². The first-order chi connectivity index (χ1) is 10.1. The largest absolute Gasteiger partial charge is 0.481 e. The van der Waals surface area contributed by atoms with Crippen molar-refractivity contribution in [3.63, 3.8) is 0 Å². The number of aryl methyl sites for hydroxylation is 1. The van der Waals surface area contributed by atoms with Gasteiger partial charge in [-0.3, -0.25) is 4.79 Å². The summed E-state index contributed by atoms with van der Waals surface area (Å²) in [5.74, 6) is -0.761. The average Bonchev–Trinajstić information content (AvgIpc) is 2.83. The minimum atomic E-state index is -0.807. The van der Waals surface area contributed by atoms with Crippen molar-refractivity contribution in [1.29, 1.82) is 0 Å².